The Labute approximate surface area is 157 Å². The highest BCUT2D eigenvalue weighted by molar-refractivity contribution is 5.91. The Morgan fingerprint density at radius 3 is 2.85 bits per heavy atom. The number of anilines is 2. The van der Waals surface area contributed by atoms with Gasteiger partial charge in [-0.1, -0.05) is 17.3 Å². The molecule has 0 bridgehead atoms. The zero-order valence-corrected chi connectivity index (χ0v) is 15.3. The van der Waals surface area contributed by atoms with Gasteiger partial charge in [0.15, 0.2) is 12.4 Å². The zero-order chi connectivity index (χ0) is 18.6. The Morgan fingerprint density at radius 1 is 1.22 bits per heavy atom. The molecule has 1 aliphatic heterocycles. The van der Waals surface area contributed by atoms with Crippen molar-refractivity contribution in [1.29, 1.82) is 0 Å². The molecule has 0 aliphatic carbocycles. The molecule has 3 heterocycles. The standard InChI is InChI=1S/C20H22N4O3/c1-14-12-17(23-27-14)21-19(25)13-26-16-7-5-6-15-8-9-18(22-20(15)16)24-10-3-2-4-11-24/h5-9,12H,2-4,10-11,13H2,1H3,(H,21,23,25). The van der Waals surface area contributed by atoms with Gasteiger partial charge < -0.3 is 19.5 Å². The predicted molar refractivity (Wildman–Crippen MR) is 103 cm³/mol. The highest BCUT2D eigenvalue weighted by Gasteiger charge is 2.14. The van der Waals surface area contributed by atoms with Crippen LogP contribution in [0, 0.1) is 6.92 Å². The van der Waals surface area contributed by atoms with Crippen molar-refractivity contribution < 1.29 is 14.1 Å². The summed E-state index contributed by atoms with van der Waals surface area (Å²) < 4.78 is 10.7. The predicted octanol–water partition coefficient (Wildman–Crippen LogP) is 3.54. The van der Waals surface area contributed by atoms with Gasteiger partial charge >= 0.3 is 0 Å². The van der Waals surface area contributed by atoms with Gasteiger partial charge in [0.05, 0.1) is 0 Å². The molecular weight excluding hydrogens is 344 g/mol. The van der Waals surface area contributed by atoms with Crippen LogP contribution in [0.4, 0.5) is 11.6 Å². The number of nitrogens with one attached hydrogen (secondary N) is 1. The third-order valence-electron chi connectivity index (χ3n) is 4.60. The largest absolute Gasteiger partial charge is 0.481 e. The highest BCUT2D eigenvalue weighted by Crippen LogP contribution is 2.27. The molecule has 0 saturated carbocycles. The number of rotatable bonds is 5. The first-order chi connectivity index (χ1) is 13.2. The molecule has 1 aromatic carbocycles. The van der Waals surface area contributed by atoms with Crippen LogP contribution < -0.4 is 15.0 Å². The normalized spacial score (nSPS) is 14.3. The molecule has 0 atom stereocenters. The SMILES string of the molecule is Cc1cc(NC(=O)COc2cccc3ccc(N4CCCCC4)nc23)no1. The molecule has 27 heavy (non-hydrogen) atoms. The number of amides is 1. The van der Waals surface area contributed by atoms with Gasteiger partial charge in [0.1, 0.15) is 22.8 Å². The number of benzene rings is 1. The van der Waals surface area contributed by atoms with E-state index in [2.05, 4.69) is 27.5 Å². The van der Waals surface area contributed by atoms with Crippen LogP contribution >= 0.6 is 0 Å². The van der Waals surface area contributed by atoms with E-state index in [0.717, 1.165) is 29.8 Å². The summed E-state index contributed by atoms with van der Waals surface area (Å²) in [6.45, 7) is 3.70. The molecule has 1 amide bonds. The van der Waals surface area contributed by atoms with E-state index in [4.69, 9.17) is 14.2 Å². The number of ether oxygens (including phenoxy) is 1. The number of carbonyl (C=O) groups is 1. The molecule has 2 aromatic heterocycles. The van der Waals surface area contributed by atoms with Crippen LogP contribution in [0.15, 0.2) is 40.9 Å². The molecule has 3 aromatic rings. The van der Waals surface area contributed by atoms with E-state index >= 15 is 0 Å². The van der Waals surface area contributed by atoms with Crippen molar-refractivity contribution >= 4 is 28.4 Å². The molecule has 1 N–H and O–H groups in total. The van der Waals surface area contributed by atoms with E-state index in [1.807, 2.05) is 18.2 Å². The van der Waals surface area contributed by atoms with Crippen LogP contribution in [0.5, 0.6) is 5.75 Å². The van der Waals surface area contributed by atoms with E-state index in [-0.39, 0.29) is 12.5 Å². The first-order valence-corrected chi connectivity index (χ1v) is 9.20. The van der Waals surface area contributed by atoms with Crippen LogP contribution in [0.3, 0.4) is 0 Å². The number of fused-ring (bicyclic) bond motifs is 1. The first kappa shape index (κ1) is 17.3. The van der Waals surface area contributed by atoms with Crippen molar-refractivity contribution in [2.75, 3.05) is 29.9 Å². The zero-order valence-electron chi connectivity index (χ0n) is 15.3. The molecule has 0 spiro atoms. The van der Waals surface area contributed by atoms with Crippen molar-refractivity contribution in [2.24, 2.45) is 0 Å². The lowest BCUT2D eigenvalue weighted by atomic mass is 10.1. The lowest BCUT2D eigenvalue weighted by Crippen LogP contribution is -2.30. The topological polar surface area (TPSA) is 80.5 Å². The lowest BCUT2D eigenvalue weighted by molar-refractivity contribution is -0.118. The van der Waals surface area contributed by atoms with Crippen LogP contribution in [0.2, 0.25) is 0 Å². The fourth-order valence-electron chi connectivity index (χ4n) is 3.27. The van der Waals surface area contributed by atoms with Crippen LogP contribution in [-0.2, 0) is 4.79 Å². The number of carbonyl (C=O) groups excluding carboxylic acids is 1. The van der Waals surface area contributed by atoms with Gasteiger partial charge in [0.2, 0.25) is 0 Å². The maximum Gasteiger partial charge on any atom is 0.263 e. The van der Waals surface area contributed by atoms with E-state index in [9.17, 15) is 4.79 Å². The molecule has 0 unspecified atom stereocenters. The van der Waals surface area contributed by atoms with Gasteiger partial charge in [-0.05, 0) is 44.4 Å². The molecule has 7 nitrogen and oxygen atoms in total. The maximum absolute atomic E-state index is 12.1. The van der Waals surface area contributed by atoms with E-state index in [0.29, 0.717) is 17.3 Å². The van der Waals surface area contributed by atoms with Crippen molar-refractivity contribution in [3.8, 4) is 5.75 Å². The number of hydrogen-bond acceptors (Lipinski definition) is 6. The van der Waals surface area contributed by atoms with Crippen molar-refractivity contribution in [2.45, 2.75) is 26.2 Å². The average molecular weight is 366 g/mol. The van der Waals surface area contributed by atoms with E-state index in [1.165, 1.54) is 19.3 Å². The van der Waals surface area contributed by atoms with Crippen molar-refractivity contribution in [1.82, 2.24) is 10.1 Å². The van der Waals surface area contributed by atoms with Gasteiger partial charge in [-0.15, -0.1) is 0 Å². The Kier molecular flexibility index (Phi) is 4.91. The second-order valence-electron chi connectivity index (χ2n) is 6.70. The van der Waals surface area contributed by atoms with Gasteiger partial charge in [-0.2, -0.15) is 0 Å². The number of aryl methyl sites for hydroxylation is 1. The van der Waals surface area contributed by atoms with Gasteiger partial charge in [-0.25, -0.2) is 4.98 Å². The molecule has 140 valence electrons. The minimum Gasteiger partial charge on any atom is -0.481 e. The van der Waals surface area contributed by atoms with Gasteiger partial charge in [0, 0.05) is 24.5 Å². The van der Waals surface area contributed by atoms with E-state index in [1.54, 1.807) is 13.0 Å². The second kappa shape index (κ2) is 7.65. The third-order valence-corrected chi connectivity index (χ3v) is 4.60. The molecule has 0 radical (unpaired) electrons. The summed E-state index contributed by atoms with van der Waals surface area (Å²) in [5.41, 5.74) is 0.769. The number of aromatic nitrogens is 2. The quantitative estimate of drug-likeness (QED) is 0.744. The fraction of sp³-hybridized carbons (Fsp3) is 0.350. The van der Waals surface area contributed by atoms with Gasteiger partial charge in [0.25, 0.3) is 5.91 Å². The fourth-order valence-corrected chi connectivity index (χ4v) is 3.27. The van der Waals surface area contributed by atoms with E-state index < -0.39 is 0 Å². The Hall–Kier alpha value is -3.09. The second-order valence-corrected chi connectivity index (χ2v) is 6.70. The molecular formula is C20H22N4O3. The van der Waals surface area contributed by atoms with Crippen LogP contribution in [0.1, 0.15) is 25.0 Å². The molecule has 4 rings (SSSR count). The van der Waals surface area contributed by atoms with Gasteiger partial charge in [-0.3, -0.25) is 4.79 Å². The monoisotopic (exact) mass is 366 g/mol. The molecule has 7 heteroatoms. The number of para-hydroxylation sites is 1. The third kappa shape index (κ3) is 4.02. The number of piperidine rings is 1. The average Bonchev–Trinajstić information content (AvgIpc) is 3.11. The van der Waals surface area contributed by atoms with Crippen LogP contribution in [0.25, 0.3) is 10.9 Å². The maximum atomic E-state index is 12.1. The summed E-state index contributed by atoms with van der Waals surface area (Å²) in [6, 6.07) is 11.5. The summed E-state index contributed by atoms with van der Waals surface area (Å²) >= 11 is 0. The Bertz CT molecular complexity index is 947. The molecule has 1 aliphatic rings. The Morgan fingerprint density at radius 2 is 2.07 bits per heavy atom. The molecule has 1 fully saturated rings. The summed E-state index contributed by atoms with van der Waals surface area (Å²) in [5.74, 6) is 2.27. The summed E-state index contributed by atoms with van der Waals surface area (Å²) in [7, 11) is 0. The molecule has 1 saturated heterocycles. The summed E-state index contributed by atoms with van der Waals surface area (Å²) in [5, 5.41) is 7.38. The number of nitrogens with zero attached hydrogens (tertiary/aromatic N) is 3. The van der Waals surface area contributed by atoms with Crippen molar-refractivity contribution in [3.63, 3.8) is 0 Å². The first-order valence-electron chi connectivity index (χ1n) is 9.20. The summed E-state index contributed by atoms with van der Waals surface area (Å²) in [4.78, 5) is 19.2. The highest BCUT2D eigenvalue weighted by atomic mass is 16.5. The number of hydrogen-bond donors (Lipinski definition) is 1. The Balaban J connectivity index is 1.49. The smallest absolute Gasteiger partial charge is 0.263 e. The van der Waals surface area contributed by atoms with Crippen molar-refractivity contribution in [3.05, 3.63) is 42.2 Å². The minimum atomic E-state index is -0.299. The lowest BCUT2D eigenvalue weighted by Gasteiger charge is -2.28. The summed E-state index contributed by atoms with van der Waals surface area (Å²) in [6.07, 6.45) is 3.66. The minimum absolute atomic E-state index is 0.124. The van der Waals surface area contributed by atoms with Crippen LogP contribution in [-0.4, -0.2) is 35.7 Å². The number of pyridine rings is 1.